The van der Waals surface area contributed by atoms with Crippen LogP contribution >= 0.6 is 0 Å². The third kappa shape index (κ3) is 26.3. The molecule has 1 rings (SSSR count). The first kappa shape index (κ1) is 36.6. The fourth-order valence-corrected chi connectivity index (χ4v) is 22.5. The van der Waals surface area contributed by atoms with Crippen molar-refractivity contribution in [2.75, 3.05) is 0 Å². The summed E-state index contributed by atoms with van der Waals surface area (Å²) in [7, 11) is -10.2. The Morgan fingerprint density at radius 1 is 0.378 bits per heavy atom. The molecular formula is C19H56O9Si9. The van der Waals surface area contributed by atoms with Crippen LogP contribution in [0, 0.1) is 0 Å². The lowest BCUT2D eigenvalue weighted by Crippen LogP contribution is -2.42. The van der Waals surface area contributed by atoms with Crippen LogP contribution in [-0.4, -0.2) is 88.6 Å². The van der Waals surface area contributed by atoms with Crippen LogP contribution in [0.3, 0.4) is 0 Å². The average molecular weight is 681 g/mol. The highest BCUT2D eigenvalue weighted by atomic mass is 28.5. The Balaban J connectivity index is 2.06. The van der Waals surface area contributed by atoms with Crippen molar-refractivity contribution in [2.24, 2.45) is 0 Å². The van der Waals surface area contributed by atoms with Gasteiger partial charge in [-0.3, -0.25) is 0 Å². The van der Waals surface area contributed by atoms with E-state index < -0.39 is 88.6 Å². The number of hydrogen-bond acceptors (Lipinski definition) is 9. The van der Waals surface area contributed by atoms with Gasteiger partial charge in [-0.25, -0.2) is 0 Å². The zero-order valence-electron chi connectivity index (χ0n) is 23.9. The molecule has 0 aromatic rings. The van der Waals surface area contributed by atoms with E-state index in [-0.39, 0.29) is 0 Å². The second-order valence-corrected chi connectivity index (χ2v) is 28.2. The highest BCUT2D eigenvalue weighted by molar-refractivity contribution is 6.74. The van der Waals surface area contributed by atoms with Crippen molar-refractivity contribution in [3.05, 3.63) is 0 Å². The van der Waals surface area contributed by atoms with Gasteiger partial charge in [0.15, 0.2) is 0 Å². The molecule has 222 valence electrons. The van der Waals surface area contributed by atoms with Crippen LogP contribution in [0.4, 0.5) is 0 Å². The summed E-state index contributed by atoms with van der Waals surface area (Å²) in [5.74, 6) is 0. The molecule has 18 heteroatoms. The molecule has 0 aromatic carbocycles. The topological polar surface area (TPSA) is 83.1 Å². The number of unbranched alkanes of at least 4 members (excludes halogenated alkanes) is 15. The Morgan fingerprint density at radius 3 is 0.973 bits per heavy atom. The van der Waals surface area contributed by atoms with Gasteiger partial charge in [-0.15, -0.1) is 0 Å². The van der Waals surface area contributed by atoms with E-state index in [2.05, 4.69) is 13.5 Å². The maximum Gasteiger partial charge on any atom is 0.316 e. The number of hydrogen-bond donors (Lipinski definition) is 0. The Labute approximate surface area is 247 Å². The first-order valence-electron chi connectivity index (χ1n) is 14.6. The van der Waals surface area contributed by atoms with Gasteiger partial charge in [0.05, 0.1) is 0 Å². The van der Waals surface area contributed by atoms with Crippen LogP contribution in [0.2, 0.25) is 12.6 Å². The third-order valence-electron chi connectivity index (χ3n) is 6.38. The maximum atomic E-state index is 6.26. The molecule has 0 unspecified atom stereocenters. The molecule has 0 amide bonds. The fraction of sp³-hybridized carbons (Fsp3) is 1.00. The highest BCUT2D eigenvalue weighted by Crippen LogP contribution is 2.19. The van der Waals surface area contributed by atoms with Crippen LogP contribution in [0.15, 0.2) is 0 Å². The SMILES string of the molecule is CCCCCCCCCCCCCCCCCC[Si]1(C)O[SiH2]O[SiH2]O[SiH2]O[SiH2]O[SiH2]O[SiH2]O[SiH2]O[SiH2]O1. The van der Waals surface area contributed by atoms with Gasteiger partial charge in [-0.05, 0) is 12.6 Å². The molecule has 1 aliphatic heterocycles. The van der Waals surface area contributed by atoms with Gasteiger partial charge in [0.1, 0.15) is 0 Å². The molecule has 0 radical (unpaired) electrons. The van der Waals surface area contributed by atoms with Crippen molar-refractivity contribution in [2.45, 2.75) is 122 Å². The Bertz CT molecular complexity index is 461. The van der Waals surface area contributed by atoms with Crippen LogP contribution in [0.1, 0.15) is 110 Å². The zero-order chi connectivity index (χ0) is 26.5. The summed E-state index contributed by atoms with van der Waals surface area (Å²) in [6.45, 7) is 4.47. The zero-order valence-corrected chi connectivity index (χ0v) is 36.2. The quantitative estimate of drug-likeness (QED) is 0.149. The molecule has 0 saturated carbocycles. The summed E-state index contributed by atoms with van der Waals surface area (Å²) in [5.41, 5.74) is 0. The summed E-state index contributed by atoms with van der Waals surface area (Å²) < 4.78 is 51.8. The summed E-state index contributed by atoms with van der Waals surface area (Å²) in [4.78, 5) is 0. The van der Waals surface area contributed by atoms with Gasteiger partial charge in [0, 0.05) is 0 Å². The smallest absolute Gasteiger partial charge is 0.316 e. The van der Waals surface area contributed by atoms with E-state index in [9.17, 15) is 0 Å². The van der Waals surface area contributed by atoms with Crippen LogP contribution < -0.4 is 0 Å². The predicted octanol–water partition coefficient (Wildman–Crippen LogP) is -0.527. The normalized spacial score (nSPS) is 27.1. The van der Waals surface area contributed by atoms with E-state index in [1.165, 1.54) is 103 Å². The molecule has 9 nitrogen and oxygen atoms in total. The molecule has 0 bridgehead atoms. The first-order chi connectivity index (χ1) is 18.3. The van der Waals surface area contributed by atoms with E-state index in [0.29, 0.717) is 0 Å². The Hall–Kier alpha value is 1.59. The van der Waals surface area contributed by atoms with Crippen molar-refractivity contribution >= 4 is 88.6 Å². The summed E-state index contributed by atoms with van der Waals surface area (Å²) >= 11 is 0. The summed E-state index contributed by atoms with van der Waals surface area (Å²) in [6, 6.07) is 1.02. The molecule has 0 atom stereocenters. The van der Waals surface area contributed by atoms with Crippen LogP contribution in [0.25, 0.3) is 0 Å². The maximum absolute atomic E-state index is 6.26. The van der Waals surface area contributed by atoms with Gasteiger partial charge in [0.25, 0.3) is 80.1 Å². The monoisotopic (exact) mass is 680 g/mol. The van der Waals surface area contributed by atoms with E-state index in [4.69, 9.17) is 37.0 Å². The van der Waals surface area contributed by atoms with Gasteiger partial charge in [-0.2, -0.15) is 0 Å². The Kier molecular flexibility index (Phi) is 28.8. The van der Waals surface area contributed by atoms with Crippen molar-refractivity contribution in [3.8, 4) is 0 Å². The minimum Gasteiger partial charge on any atom is -0.425 e. The largest absolute Gasteiger partial charge is 0.425 e. The molecule has 0 spiro atoms. The van der Waals surface area contributed by atoms with Crippen molar-refractivity contribution in [3.63, 3.8) is 0 Å². The van der Waals surface area contributed by atoms with E-state index >= 15 is 0 Å². The second kappa shape index (κ2) is 29.1. The standard InChI is InChI=1S/C19H56O9Si9/c1-3-4-5-6-7-8-9-10-11-12-13-14-15-16-17-18-19-37(2)27-35-25-33-23-31-21-29-20-30-22-32-24-34-26-36-28-37/h3-19,29-36H2,1-2H3. The summed E-state index contributed by atoms with van der Waals surface area (Å²) in [5, 5.41) is 0. The highest BCUT2D eigenvalue weighted by Gasteiger charge is 2.30. The predicted molar refractivity (Wildman–Crippen MR) is 174 cm³/mol. The third-order valence-corrected chi connectivity index (χ3v) is 22.8. The fourth-order valence-electron chi connectivity index (χ4n) is 4.10. The van der Waals surface area contributed by atoms with E-state index in [0.717, 1.165) is 6.04 Å². The lowest BCUT2D eigenvalue weighted by Gasteiger charge is -2.28. The number of rotatable bonds is 17. The molecule has 0 aromatic heterocycles. The molecular weight excluding hydrogens is 625 g/mol. The molecule has 37 heavy (non-hydrogen) atoms. The van der Waals surface area contributed by atoms with Gasteiger partial charge in [-0.1, -0.05) is 110 Å². The van der Waals surface area contributed by atoms with Gasteiger partial charge in [0.2, 0.25) is 0 Å². The first-order valence-corrected chi connectivity index (χ1v) is 26.3. The molecule has 1 fully saturated rings. The van der Waals surface area contributed by atoms with Crippen molar-refractivity contribution in [1.29, 1.82) is 0 Å². The second-order valence-electron chi connectivity index (χ2n) is 9.85. The Morgan fingerprint density at radius 2 is 0.649 bits per heavy atom. The molecule has 0 N–H and O–H groups in total. The lowest BCUT2D eigenvalue weighted by molar-refractivity contribution is 0.323. The molecule has 1 heterocycles. The van der Waals surface area contributed by atoms with Gasteiger partial charge >= 0.3 is 8.56 Å². The summed E-state index contributed by atoms with van der Waals surface area (Å²) in [6.07, 6.45) is 22.1. The lowest BCUT2D eigenvalue weighted by atomic mass is 10.0. The molecule has 1 saturated heterocycles. The van der Waals surface area contributed by atoms with Crippen LogP contribution in [-0.2, 0) is 37.0 Å². The minimum absolute atomic E-state index is 0.947. The van der Waals surface area contributed by atoms with E-state index in [1.54, 1.807) is 0 Å². The van der Waals surface area contributed by atoms with Crippen LogP contribution in [0.5, 0.6) is 0 Å². The molecule has 1 aliphatic rings. The van der Waals surface area contributed by atoms with Gasteiger partial charge < -0.3 is 37.0 Å². The van der Waals surface area contributed by atoms with Crippen molar-refractivity contribution in [1.82, 2.24) is 0 Å². The van der Waals surface area contributed by atoms with Crippen molar-refractivity contribution < 1.29 is 37.0 Å². The average Bonchev–Trinajstić information content (AvgIpc) is 2.90. The van der Waals surface area contributed by atoms with E-state index in [1.807, 2.05) is 0 Å². The molecule has 0 aliphatic carbocycles. The minimum atomic E-state index is -2.23.